The Morgan fingerprint density at radius 3 is 3.00 bits per heavy atom. The molecule has 1 aromatic rings. The minimum atomic E-state index is 0.0275. The predicted octanol–water partition coefficient (Wildman–Crippen LogP) is 0.692. The summed E-state index contributed by atoms with van der Waals surface area (Å²) < 4.78 is 1.59. The fourth-order valence-corrected chi connectivity index (χ4v) is 2.61. The lowest BCUT2D eigenvalue weighted by Crippen LogP contribution is -2.42. The number of nitrogens with one attached hydrogen (secondary N) is 2. The third-order valence-corrected chi connectivity index (χ3v) is 3.71. The van der Waals surface area contributed by atoms with Crippen LogP contribution in [0, 0.1) is 5.92 Å². The van der Waals surface area contributed by atoms with Crippen molar-refractivity contribution >= 4 is 5.91 Å². The smallest absolute Gasteiger partial charge is 0.242 e. The van der Waals surface area contributed by atoms with Crippen LogP contribution in [0.5, 0.6) is 0 Å². The lowest BCUT2D eigenvalue weighted by Gasteiger charge is -2.29. The first-order chi connectivity index (χ1) is 9.19. The quantitative estimate of drug-likeness (QED) is 0.822. The van der Waals surface area contributed by atoms with Crippen LogP contribution in [0.2, 0.25) is 0 Å². The van der Waals surface area contributed by atoms with E-state index in [2.05, 4.69) is 27.9 Å². The maximum atomic E-state index is 12.0. The van der Waals surface area contributed by atoms with Gasteiger partial charge in [0.15, 0.2) is 0 Å². The van der Waals surface area contributed by atoms with E-state index < -0.39 is 0 Å². The Morgan fingerprint density at radius 2 is 2.26 bits per heavy atom. The van der Waals surface area contributed by atoms with Crippen molar-refractivity contribution < 1.29 is 4.79 Å². The van der Waals surface area contributed by atoms with Gasteiger partial charge in [0.2, 0.25) is 5.91 Å². The van der Waals surface area contributed by atoms with Crippen LogP contribution in [0.15, 0.2) is 6.20 Å². The van der Waals surface area contributed by atoms with E-state index in [0.717, 1.165) is 12.1 Å². The molecule has 0 aromatic carbocycles. The molecule has 1 aromatic heterocycles. The van der Waals surface area contributed by atoms with Crippen LogP contribution in [-0.4, -0.2) is 34.0 Å². The van der Waals surface area contributed by atoms with Gasteiger partial charge in [-0.3, -0.25) is 4.79 Å². The number of hydrogen-bond acceptors (Lipinski definition) is 4. The van der Waals surface area contributed by atoms with Gasteiger partial charge < -0.3 is 10.6 Å². The van der Waals surface area contributed by atoms with Crippen molar-refractivity contribution in [2.24, 2.45) is 5.92 Å². The maximum absolute atomic E-state index is 12.0. The van der Waals surface area contributed by atoms with Gasteiger partial charge in [-0.1, -0.05) is 25.0 Å². The molecule has 0 spiro atoms. The molecule has 2 unspecified atom stereocenters. The molecular formula is C13H23N5O. The van der Waals surface area contributed by atoms with Gasteiger partial charge >= 0.3 is 0 Å². The molecule has 1 heterocycles. The van der Waals surface area contributed by atoms with Crippen molar-refractivity contribution in [2.75, 3.05) is 7.05 Å². The molecule has 1 aliphatic carbocycles. The number of carbonyl (C=O) groups is 1. The third-order valence-electron chi connectivity index (χ3n) is 3.71. The summed E-state index contributed by atoms with van der Waals surface area (Å²) in [6.07, 6.45) is 6.60. The number of aromatic nitrogens is 3. The van der Waals surface area contributed by atoms with Crippen molar-refractivity contribution in [3.63, 3.8) is 0 Å². The van der Waals surface area contributed by atoms with Crippen LogP contribution in [0.4, 0.5) is 0 Å². The third kappa shape index (κ3) is 4.02. The Morgan fingerprint density at radius 1 is 1.47 bits per heavy atom. The normalized spacial score (nSPS) is 23.3. The van der Waals surface area contributed by atoms with Crippen molar-refractivity contribution in [1.82, 2.24) is 25.6 Å². The highest BCUT2D eigenvalue weighted by Crippen LogP contribution is 2.23. The topological polar surface area (TPSA) is 71.8 Å². The van der Waals surface area contributed by atoms with Crippen LogP contribution < -0.4 is 10.6 Å². The van der Waals surface area contributed by atoms with E-state index in [-0.39, 0.29) is 12.5 Å². The molecule has 0 aliphatic heterocycles. The molecule has 1 fully saturated rings. The molecule has 1 amide bonds. The Bertz CT molecular complexity index is 417. The average molecular weight is 265 g/mol. The van der Waals surface area contributed by atoms with Gasteiger partial charge in [-0.15, -0.1) is 5.10 Å². The first-order valence-corrected chi connectivity index (χ1v) is 7.02. The summed E-state index contributed by atoms with van der Waals surface area (Å²) >= 11 is 0. The molecule has 2 atom stereocenters. The molecule has 0 radical (unpaired) electrons. The average Bonchev–Trinajstić information content (AvgIpc) is 2.80. The van der Waals surface area contributed by atoms with Gasteiger partial charge in [0.05, 0.1) is 11.9 Å². The highest BCUT2D eigenvalue weighted by atomic mass is 16.2. The minimum absolute atomic E-state index is 0.0275. The standard InChI is InChI=1S/C13H23N5O/c1-10-5-3-4-6-12(10)15-13(19)9-18-8-11(7-14-2)16-17-18/h8,10,12,14H,3-7,9H2,1-2H3,(H,15,19). The minimum Gasteiger partial charge on any atom is -0.351 e. The molecule has 1 aliphatic rings. The van der Waals surface area contributed by atoms with Crippen molar-refractivity contribution in [3.05, 3.63) is 11.9 Å². The number of hydrogen-bond donors (Lipinski definition) is 2. The van der Waals surface area contributed by atoms with E-state index in [9.17, 15) is 4.79 Å². The second-order valence-electron chi connectivity index (χ2n) is 5.37. The van der Waals surface area contributed by atoms with Crippen molar-refractivity contribution in [1.29, 1.82) is 0 Å². The van der Waals surface area contributed by atoms with E-state index in [4.69, 9.17) is 0 Å². The largest absolute Gasteiger partial charge is 0.351 e. The molecule has 6 nitrogen and oxygen atoms in total. The summed E-state index contributed by atoms with van der Waals surface area (Å²) in [5.74, 6) is 0.605. The summed E-state index contributed by atoms with van der Waals surface area (Å²) in [5, 5.41) is 14.1. The monoisotopic (exact) mass is 265 g/mol. The second kappa shape index (κ2) is 6.65. The molecule has 2 rings (SSSR count). The summed E-state index contributed by atoms with van der Waals surface area (Å²) in [6.45, 7) is 3.13. The SMILES string of the molecule is CNCc1cn(CC(=O)NC2CCCCC2C)nn1. The lowest BCUT2D eigenvalue weighted by molar-refractivity contribution is -0.123. The van der Waals surface area contributed by atoms with Gasteiger partial charge in [-0.2, -0.15) is 0 Å². The van der Waals surface area contributed by atoms with Crippen LogP contribution in [0.25, 0.3) is 0 Å². The fourth-order valence-electron chi connectivity index (χ4n) is 2.61. The van der Waals surface area contributed by atoms with Crippen molar-refractivity contribution in [2.45, 2.75) is 51.7 Å². The van der Waals surface area contributed by atoms with E-state index in [1.807, 2.05) is 7.05 Å². The molecule has 2 N–H and O–H groups in total. The van der Waals surface area contributed by atoms with Crippen LogP contribution in [-0.2, 0) is 17.9 Å². The van der Waals surface area contributed by atoms with E-state index in [1.165, 1.54) is 19.3 Å². The Kier molecular flexibility index (Phi) is 4.90. The first kappa shape index (κ1) is 14.0. The summed E-state index contributed by atoms with van der Waals surface area (Å²) in [5.41, 5.74) is 0.848. The van der Waals surface area contributed by atoms with Crippen LogP contribution >= 0.6 is 0 Å². The van der Waals surface area contributed by atoms with E-state index in [0.29, 0.717) is 18.5 Å². The number of amides is 1. The Hall–Kier alpha value is -1.43. The predicted molar refractivity (Wildman–Crippen MR) is 72.3 cm³/mol. The highest BCUT2D eigenvalue weighted by Gasteiger charge is 2.22. The summed E-state index contributed by atoms with van der Waals surface area (Å²) in [7, 11) is 1.86. The molecule has 6 heteroatoms. The fraction of sp³-hybridized carbons (Fsp3) is 0.769. The zero-order valence-electron chi connectivity index (χ0n) is 11.7. The number of rotatable bonds is 5. The molecule has 19 heavy (non-hydrogen) atoms. The zero-order chi connectivity index (χ0) is 13.7. The van der Waals surface area contributed by atoms with Gasteiger partial charge in [0, 0.05) is 12.6 Å². The highest BCUT2D eigenvalue weighted by molar-refractivity contribution is 5.75. The molecular weight excluding hydrogens is 242 g/mol. The van der Waals surface area contributed by atoms with Gasteiger partial charge in [0.1, 0.15) is 6.54 Å². The van der Waals surface area contributed by atoms with Crippen molar-refractivity contribution in [3.8, 4) is 0 Å². The van der Waals surface area contributed by atoms with Gasteiger partial charge in [-0.25, -0.2) is 4.68 Å². The first-order valence-electron chi connectivity index (χ1n) is 7.02. The molecule has 106 valence electrons. The van der Waals surface area contributed by atoms with Gasteiger partial charge in [0.25, 0.3) is 0 Å². The Labute approximate surface area is 113 Å². The zero-order valence-corrected chi connectivity index (χ0v) is 11.7. The van der Waals surface area contributed by atoms with Gasteiger partial charge in [-0.05, 0) is 25.8 Å². The number of nitrogens with zero attached hydrogens (tertiary/aromatic N) is 3. The van der Waals surface area contributed by atoms with Crippen LogP contribution in [0.3, 0.4) is 0 Å². The van der Waals surface area contributed by atoms with E-state index in [1.54, 1.807) is 10.9 Å². The maximum Gasteiger partial charge on any atom is 0.242 e. The van der Waals surface area contributed by atoms with Crippen LogP contribution in [0.1, 0.15) is 38.3 Å². The molecule has 0 bridgehead atoms. The molecule has 1 saturated carbocycles. The summed E-state index contributed by atoms with van der Waals surface area (Å²) in [6, 6.07) is 0.321. The summed E-state index contributed by atoms with van der Waals surface area (Å²) in [4.78, 5) is 12.0. The van der Waals surface area contributed by atoms with E-state index >= 15 is 0 Å². The Balaban J connectivity index is 1.82. The second-order valence-corrected chi connectivity index (χ2v) is 5.37. The number of carbonyl (C=O) groups excluding carboxylic acids is 1. The molecule has 0 saturated heterocycles. The lowest BCUT2D eigenvalue weighted by atomic mass is 9.86.